The van der Waals surface area contributed by atoms with Crippen LogP contribution in [0.15, 0.2) is 10.7 Å². The first-order valence-electron chi connectivity index (χ1n) is 5.96. The number of nitrogens with zero attached hydrogens (tertiary/aromatic N) is 2. The Kier molecular flexibility index (Phi) is 5.34. The van der Waals surface area contributed by atoms with E-state index >= 15 is 0 Å². The molecule has 1 unspecified atom stereocenters. The molecule has 1 atom stereocenters. The van der Waals surface area contributed by atoms with E-state index < -0.39 is 0 Å². The molecule has 1 rings (SSSR count). The highest BCUT2D eigenvalue weighted by Crippen LogP contribution is 2.28. The van der Waals surface area contributed by atoms with Gasteiger partial charge in [-0.1, -0.05) is 20.8 Å². The summed E-state index contributed by atoms with van der Waals surface area (Å²) in [6.07, 6.45) is 2.38. The third kappa shape index (κ3) is 4.10. The molecule has 1 heterocycles. The smallest absolute Gasteiger partial charge is 0.224 e. The highest BCUT2D eigenvalue weighted by Gasteiger charge is 2.25. The molecule has 1 aromatic heterocycles. The van der Waals surface area contributed by atoms with Gasteiger partial charge in [0.1, 0.15) is 5.82 Å². The standard InChI is InChI=1S/C12H21BrN4O/c1-12(2,3)9(5-6-18)16-10-8(13)7-15-11(14-4)17-10/h7,9,18H,5-6H2,1-4H3,(H2,14,15,16,17). The van der Waals surface area contributed by atoms with Crippen LogP contribution in [0.5, 0.6) is 0 Å². The summed E-state index contributed by atoms with van der Waals surface area (Å²) in [5, 5.41) is 15.4. The fraction of sp³-hybridized carbons (Fsp3) is 0.667. The van der Waals surface area contributed by atoms with E-state index in [1.165, 1.54) is 0 Å². The van der Waals surface area contributed by atoms with E-state index in [2.05, 4.69) is 57.3 Å². The minimum atomic E-state index is 0.0346. The summed E-state index contributed by atoms with van der Waals surface area (Å²) in [5.41, 5.74) is 0.0346. The van der Waals surface area contributed by atoms with Gasteiger partial charge in [-0.05, 0) is 27.8 Å². The van der Waals surface area contributed by atoms with Crippen molar-refractivity contribution in [3.05, 3.63) is 10.7 Å². The van der Waals surface area contributed by atoms with Gasteiger partial charge in [-0.15, -0.1) is 0 Å². The van der Waals surface area contributed by atoms with Crippen molar-refractivity contribution in [1.82, 2.24) is 9.97 Å². The molecule has 18 heavy (non-hydrogen) atoms. The number of halogens is 1. The molecule has 6 heteroatoms. The van der Waals surface area contributed by atoms with Crippen LogP contribution in [0.3, 0.4) is 0 Å². The Balaban J connectivity index is 2.92. The molecule has 102 valence electrons. The minimum Gasteiger partial charge on any atom is -0.396 e. The van der Waals surface area contributed by atoms with E-state index in [1.807, 2.05) is 0 Å². The molecule has 0 amide bonds. The largest absolute Gasteiger partial charge is 0.396 e. The van der Waals surface area contributed by atoms with Crippen LogP contribution in [-0.2, 0) is 0 Å². The van der Waals surface area contributed by atoms with E-state index in [-0.39, 0.29) is 18.1 Å². The lowest BCUT2D eigenvalue weighted by atomic mass is 9.85. The van der Waals surface area contributed by atoms with Gasteiger partial charge < -0.3 is 15.7 Å². The lowest BCUT2D eigenvalue weighted by Crippen LogP contribution is -2.35. The maximum absolute atomic E-state index is 9.15. The second kappa shape index (κ2) is 6.33. The van der Waals surface area contributed by atoms with Gasteiger partial charge >= 0.3 is 0 Å². The molecule has 0 saturated heterocycles. The Hall–Kier alpha value is -0.880. The molecule has 0 aliphatic heterocycles. The zero-order valence-electron chi connectivity index (χ0n) is 11.3. The van der Waals surface area contributed by atoms with Crippen LogP contribution in [0.25, 0.3) is 0 Å². The Morgan fingerprint density at radius 2 is 2.11 bits per heavy atom. The number of aliphatic hydroxyl groups is 1. The Morgan fingerprint density at radius 1 is 1.44 bits per heavy atom. The summed E-state index contributed by atoms with van der Waals surface area (Å²) >= 11 is 3.43. The average molecular weight is 317 g/mol. The molecule has 0 bridgehead atoms. The zero-order chi connectivity index (χ0) is 13.8. The average Bonchev–Trinajstić information content (AvgIpc) is 2.30. The molecule has 0 saturated carbocycles. The molecule has 5 nitrogen and oxygen atoms in total. The Labute approximate surface area is 117 Å². The molecule has 0 spiro atoms. The molecule has 0 aromatic carbocycles. The highest BCUT2D eigenvalue weighted by atomic mass is 79.9. The van der Waals surface area contributed by atoms with E-state index in [4.69, 9.17) is 5.11 Å². The van der Waals surface area contributed by atoms with Crippen molar-refractivity contribution in [3.8, 4) is 0 Å². The van der Waals surface area contributed by atoms with Crippen LogP contribution in [0, 0.1) is 5.41 Å². The molecule has 0 radical (unpaired) electrons. The maximum atomic E-state index is 9.15. The highest BCUT2D eigenvalue weighted by molar-refractivity contribution is 9.10. The van der Waals surface area contributed by atoms with Gasteiger partial charge in [0.15, 0.2) is 0 Å². The van der Waals surface area contributed by atoms with E-state index in [1.54, 1.807) is 13.2 Å². The van der Waals surface area contributed by atoms with Crippen molar-refractivity contribution in [1.29, 1.82) is 0 Å². The molecular formula is C12H21BrN4O. The van der Waals surface area contributed by atoms with Gasteiger partial charge in [-0.2, -0.15) is 4.98 Å². The quantitative estimate of drug-likeness (QED) is 0.778. The first kappa shape index (κ1) is 15.2. The second-order valence-corrected chi connectivity index (χ2v) is 6.07. The van der Waals surface area contributed by atoms with Crippen molar-refractivity contribution in [2.75, 3.05) is 24.3 Å². The van der Waals surface area contributed by atoms with Crippen molar-refractivity contribution in [2.45, 2.75) is 33.2 Å². The van der Waals surface area contributed by atoms with Gasteiger partial charge in [0.05, 0.1) is 4.47 Å². The first-order valence-corrected chi connectivity index (χ1v) is 6.75. The number of aliphatic hydroxyl groups excluding tert-OH is 1. The third-order valence-corrected chi connectivity index (χ3v) is 3.32. The van der Waals surface area contributed by atoms with E-state index in [9.17, 15) is 0 Å². The van der Waals surface area contributed by atoms with E-state index in [0.717, 1.165) is 10.3 Å². The number of nitrogens with one attached hydrogen (secondary N) is 2. The lowest BCUT2D eigenvalue weighted by Gasteiger charge is -2.31. The third-order valence-electron chi connectivity index (χ3n) is 2.74. The normalized spacial score (nSPS) is 13.2. The summed E-state index contributed by atoms with van der Waals surface area (Å²) in [6, 6.07) is 0.137. The SMILES string of the molecule is CNc1ncc(Br)c(NC(CCO)C(C)(C)C)n1. The van der Waals surface area contributed by atoms with Crippen LogP contribution in [0.4, 0.5) is 11.8 Å². The number of anilines is 2. The van der Waals surface area contributed by atoms with Crippen LogP contribution >= 0.6 is 15.9 Å². The number of aromatic nitrogens is 2. The van der Waals surface area contributed by atoms with Gasteiger partial charge in [0.2, 0.25) is 5.95 Å². The van der Waals surface area contributed by atoms with Gasteiger partial charge in [-0.25, -0.2) is 4.98 Å². The van der Waals surface area contributed by atoms with Crippen LogP contribution in [0.2, 0.25) is 0 Å². The molecule has 0 fully saturated rings. The second-order valence-electron chi connectivity index (χ2n) is 5.22. The maximum Gasteiger partial charge on any atom is 0.224 e. The minimum absolute atomic E-state index is 0.0346. The Bertz CT molecular complexity index is 392. The van der Waals surface area contributed by atoms with Crippen molar-refractivity contribution in [2.24, 2.45) is 5.41 Å². The fourth-order valence-electron chi connectivity index (χ4n) is 1.60. The lowest BCUT2D eigenvalue weighted by molar-refractivity contribution is 0.235. The predicted molar refractivity (Wildman–Crippen MR) is 77.8 cm³/mol. The monoisotopic (exact) mass is 316 g/mol. The molecule has 3 N–H and O–H groups in total. The molecule has 0 aliphatic carbocycles. The topological polar surface area (TPSA) is 70.1 Å². The number of rotatable bonds is 5. The van der Waals surface area contributed by atoms with Crippen molar-refractivity contribution in [3.63, 3.8) is 0 Å². The van der Waals surface area contributed by atoms with Crippen molar-refractivity contribution < 1.29 is 5.11 Å². The Morgan fingerprint density at radius 3 is 2.61 bits per heavy atom. The first-order chi connectivity index (χ1) is 8.38. The van der Waals surface area contributed by atoms with Crippen LogP contribution in [-0.4, -0.2) is 34.8 Å². The number of hydrogen-bond donors (Lipinski definition) is 3. The summed E-state index contributed by atoms with van der Waals surface area (Å²) in [5.74, 6) is 1.31. The van der Waals surface area contributed by atoms with Gasteiger partial charge in [0.25, 0.3) is 0 Å². The molecule has 1 aromatic rings. The summed E-state index contributed by atoms with van der Waals surface area (Å²) in [6.45, 7) is 6.55. The summed E-state index contributed by atoms with van der Waals surface area (Å²) in [4.78, 5) is 8.48. The van der Waals surface area contributed by atoms with Crippen LogP contribution in [0.1, 0.15) is 27.2 Å². The van der Waals surface area contributed by atoms with E-state index in [0.29, 0.717) is 12.4 Å². The van der Waals surface area contributed by atoms with Crippen LogP contribution < -0.4 is 10.6 Å². The molecular weight excluding hydrogens is 296 g/mol. The summed E-state index contributed by atoms with van der Waals surface area (Å²) in [7, 11) is 1.78. The zero-order valence-corrected chi connectivity index (χ0v) is 12.9. The van der Waals surface area contributed by atoms with Crippen molar-refractivity contribution >= 4 is 27.7 Å². The predicted octanol–water partition coefficient (Wildman–Crippen LogP) is 2.49. The summed E-state index contributed by atoms with van der Waals surface area (Å²) < 4.78 is 0.814. The number of hydrogen-bond acceptors (Lipinski definition) is 5. The van der Waals surface area contributed by atoms with Gasteiger partial charge in [0, 0.05) is 25.9 Å². The molecule has 0 aliphatic rings. The van der Waals surface area contributed by atoms with Gasteiger partial charge in [-0.3, -0.25) is 0 Å². The fourth-order valence-corrected chi connectivity index (χ4v) is 1.91.